The largest absolute Gasteiger partial charge is 0.308 e. The summed E-state index contributed by atoms with van der Waals surface area (Å²) in [6, 6.07) is 4.60. The Bertz CT molecular complexity index is 490. The minimum absolute atomic E-state index is 0.712. The second kappa shape index (κ2) is 4.41. The van der Waals surface area contributed by atoms with Crippen molar-refractivity contribution < 1.29 is 0 Å². The third-order valence-electron chi connectivity index (χ3n) is 2.37. The van der Waals surface area contributed by atoms with Crippen molar-refractivity contribution >= 4 is 34.3 Å². The molecule has 0 bridgehead atoms. The lowest BCUT2D eigenvalue weighted by molar-refractivity contribution is 0.679. The Morgan fingerprint density at radius 1 is 1.31 bits per heavy atom. The molecule has 3 nitrogen and oxygen atoms in total. The van der Waals surface area contributed by atoms with Gasteiger partial charge in [-0.3, -0.25) is 0 Å². The fourth-order valence-corrected chi connectivity index (χ4v) is 3.26. The topological polar surface area (TPSA) is 37.8 Å². The van der Waals surface area contributed by atoms with Crippen molar-refractivity contribution in [2.75, 3.05) is 0 Å². The maximum absolute atomic E-state index is 5.89. The molecule has 2 aromatic heterocycles. The van der Waals surface area contributed by atoms with E-state index in [2.05, 4.69) is 15.5 Å². The van der Waals surface area contributed by atoms with E-state index in [1.807, 2.05) is 12.1 Å². The zero-order valence-electron chi connectivity index (χ0n) is 8.44. The van der Waals surface area contributed by atoms with Gasteiger partial charge in [-0.25, -0.2) is 0 Å². The summed E-state index contributed by atoms with van der Waals surface area (Å²) in [7, 11) is 0. The first-order chi connectivity index (χ1) is 7.81. The lowest BCUT2D eigenvalue weighted by Gasteiger charge is -1.95. The predicted octanol–water partition coefficient (Wildman–Crippen LogP) is 3.17. The van der Waals surface area contributed by atoms with E-state index in [9.17, 15) is 0 Å². The van der Waals surface area contributed by atoms with Gasteiger partial charge in [0.15, 0.2) is 5.01 Å². The van der Waals surface area contributed by atoms with Gasteiger partial charge in [0.1, 0.15) is 5.01 Å². The monoisotopic (exact) mass is 271 g/mol. The zero-order chi connectivity index (χ0) is 11.0. The smallest absolute Gasteiger partial charge is 0.157 e. The number of halogens is 1. The van der Waals surface area contributed by atoms with Crippen LogP contribution in [0.1, 0.15) is 17.8 Å². The van der Waals surface area contributed by atoms with Crippen molar-refractivity contribution in [2.24, 2.45) is 0 Å². The lowest BCUT2D eigenvalue weighted by atomic mass is 10.5. The van der Waals surface area contributed by atoms with Crippen molar-refractivity contribution in [3.8, 4) is 9.88 Å². The summed E-state index contributed by atoms with van der Waals surface area (Å²) in [5.74, 6) is 0. The predicted molar refractivity (Wildman–Crippen MR) is 68.1 cm³/mol. The van der Waals surface area contributed by atoms with E-state index in [0.717, 1.165) is 25.8 Å². The molecule has 0 spiro atoms. The molecule has 0 aromatic carbocycles. The van der Waals surface area contributed by atoms with Crippen molar-refractivity contribution in [3.05, 3.63) is 21.5 Å². The average Bonchev–Trinajstić information content (AvgIpc) is 2.81. The molecular formula is C10H10ClN3S2. The second-order valence-electron chi connectivity index (χ2n) is 3.76. The second-order valence-corrected chi connectivity index (χ2v) is 6.54. The van der Waals surface area contributed by atoms with Crippen LogP contribution in [0.25, 0.3) is 9.88 Å². The highest BCUT2D eigenvalue weighted by molar-refractivity contribution is 7.23. The third-order valence-corrected chi connectivity index (χ3v) is 4.69. The molecule has 16 heavy (non-hydrogen) atoms. The minimum Gasteiger partial charge on any atom is -0.308 e. The first-order valence-corrected chi connectivity index (χ1v) is 7.14. The normalized spacial score (nSPS) is 15.6. The SMILES string of the molecule is Clc1ccc(-c2nnc(CNC3CC3)s2)s1. The summed E-state index contributed by atoms with van der Waals surface area (Å²) < 4.78 is 0.794. The first kappa shape index (κ1) is 10.7. The maximum atomic E-state index is 5.89. The Morgan fingerprint density at radius 2 is 2.19 bits per heavy atom. The quantitative estimate of drug-likeness (QED) is 0.928. The van der Waals surface area contributed by atoms with Crippen molar-refractivity contribution in [1.29, 1.82) is 0 Å². The highest BCUT2D eigenvalue weighted by atomic mass is 35.5. The maximum Gasteiger partial charge on any atom is 0.157 e. The number of hydrogen-bond acceptors (Lipinski definition) is 5. The van der Waals surface area contributed by atoms with E-state index < -0.39 is 0 Å². The highest BCUT2D eigenvalue weighted by Gasteiger charge is 2.20. The van der Waals surface area contributed by atoms with E-state index in [1.54, 1.807) is 22.7 Å². The van der Waals surface area contributed by atoms with Crippen LogP contribution >= 0.6 is 34.3 Å². The molecule has 3 rings (SSSR count). The number of thiophene rings is 1. The number of hydrogen-bond donors (Lipinski definition) is 1. The van der Waals surface area contributed by atoms with Gasteiger partial charge in [-0.15, -0.1) is 21.5 Å². The minimum atomic E-state index is 0.712. The summed E-state index contributed by atoms with van der Waals surface area (Å²) >= 11 is 9.07. The van der Waals surface area contributed by atoms with Crippen LogP contribution in [0, 0.1) is 0 Å². The summed E-state index contributed by atoms with van der Waals surface area (Å²) in [5, 5.41) is 13.8. The molecule has 6 heteroatoms. The Hall–Kier alpha value is -0.490. The van der Waals surface area contributed by atoms with Gasteiger partial charge in [0.05, 0.1) is 9.21 Å². The van der Waals surface area contributed by atoms with Gasteiger partial charge in [-0.2, -0.15) is 0 Å². The Labute approximate surface area is 106 Å². The molecule has 2 heterocycles. The van der Waals surface area contributed by atoms with Gasteiger partial charge in [0.2, 0.25) is 0 Å². The van der Waals surface area contributed by atoms with Gasteiger partial charge in [-0.1, -0.05) is 22.9 Å². The Balaban J connectivity index is 1.71. The fraction of sp³-hybridized carbons (Fsp3) is 0.400. The molecule has 1 aliphatic carbocycles. The van der Waals surface area contributed by atoms with E-state index in [4.69, 9.17) is 11.6 Å². The Kier molecular flexibility index (Phi) is 2.93. The third kappa shape index (κ3) is 2.43. The van der Waals surface area contributed by atoms with Crippen molar-refractivity contribution in [2.45, 2.75) is 25.4 Å². The van der Waals surface area contributed by atoms with Crippen LogP contribution in [-0.2, 0) is 6.54 Å². The molecule has 1 aliphatic rings. The van der Waals surface area contributed by atoms with E-state index in [1.165, 1.54) is 12.8 Å². The van der Waals surface area contributed by atoms with Crippen molar-refractivity contribution in [3.63, 3.8) is 0 Å². The molecule has 2 aromatic rings. The summed E-state index contributed by atoms with van der Waals surface area (Å²) in [5.41, 5.74) is 0. The summed E-state index contributed by atoms with van der Waals surface area (Å²) in [6.45, 7) is 0.835. The molecule has 0 atom stereocenters. The fourth-order valence-electron chi connectivity index (χ4n) is 1.37. The molecule has 1 N–H and O–H groups in total. The number of aromatic nitrogens is 2. The van der Waals surface area contributed by atoms with Crippen LogP contribution in [0.15, 0.2) is 12.1 Å². The molecule has 0 aliphatic heterocycles. The van der Waals surface area contributed by atoms with E-state index in [-0.39, 0.29) is 0 Å². The number of nitrogens with one attached hydrogen (secondary N) is 1. The van der Waals surface area contributed by atoms with Crippen molar-refractivity contribution in [1.82, 2.24) is 15.5 Å². The van der Waals surface area contributed by atoms with Gasteiger partial charge in [0.25, 0.3) is 0 Å². The van der Waals surface area contributed by atoms with Crippen LogP contribution in [0.3, 0.4) is 0 Å². The van der Waals surface area contributed by atoms with Gasteiger partial charge in [0, 0.05) is 12.6 Å². The zero-order valence-corrected chi connectivity index (χ0v) is 10.8. The molecule has 1 saturated carbocycles. The highest BCUT2D eigenvalue weighted by Crippen LogP contribution is 2.32. The molecular weight excluding hydrogens is 262 g/mol. The average molecular weight is 272 g/mol. The molecule has 1 fully saturated rings. The van der Waals surface area contributed by atoms with Crippen LogP contribution in [-0.4, -0.2) is 16.2 Å². The number of nitrogens with zero attached hydrogens (tertiary/aromatic N) is 2. The van der Waals surface area contributed by atoms with Crippen LogP contribution in [0.5, 0.6) is 0 Å². The standard InChI is InChI=1S/C10H10ClN3S2/c11-8-4-3-7(15-8)10-14-13-9(16-10)5-12-6-1-2-6/h3-4,6,12H,1-2,5H2. The van der Waals surface area contributed by atoms with E-state index >= 15 is 0 Å². The van der Waals surface area contributed by atoms with Crippen LogP contribution in [0.2, 0.25) is 4.34 Å². The lowest BCUT2D eigenvalue weighted by Crippen LogP contribution is -2.14. The molecule has 0 unspecified atom stereocenters. The van der Waals surface area contributed by atoms with Gasteiger partial charge < -0.3 is 5.32 Å². The van der Waals surface area contributed by atoms with Crippen LogP contribution in [0.4, 0.5) is 0 Å². The molecule has 0 saturated heterocycles. The van der Waals surface area contributed by atoms with Gasteiger partial charge in [-0.05, 0) is 25.0 Å². The van der Waals surface area contributed by atoms with Crippen LogP contribution < -0.4 is 5.32 Å². The molecule has 0 radical (unpaired) electrons. The number of rotatable bonds is 4. The summed E-state index contributed by atoms with van der Waals surface area (Å²) in [4.78, 5) is 1.10. The molecule has 84 valence electrons. The summed E-state index contributed by atoms with van der Waals surface area (Å²) in [6.07, 6.45) is 2.60. The molecule has 0 amide bonds. The van der Waals surface area contributed by atoms with E-state index in [0.29, 0.717) is 6.04 Å². The van der Waals surface area contributed by atoms with Gasteiger partial charge >= 0.3 is 0 Å². The first-order valence-electron chi connectivity index (χ1n) is 5.13. The Morgan fingerprint density at radius 3 is 2.88 bits per heavy atom.